The first-order chi connectivity index (χ1) is 18.1. The first-order valence-corrected chi connectivity index (χ1v) is 16.7. The second kappa shape index (κ2) is 48.4. The Morgan fingerprint density at radius 2 is 0.757 bits per heavy atom. The van der Waals surface area contributed by atoms with Gasteiger partial charge in [0.2, 0.25) is 0 Å². The Morgan fingerprint density at radius 3 is 0.946 bits per heavy atom. The number of hydrogen-bond acceptors (Lipinski definition) is 3. The summed E-state index contributed by atoms with van der Waals surface area (Å²) in [7, 11) is 0. The summed E-state index contributed by atoms with van der Waals surface area (Å²) in [6, 6.07) is 8.71. The predicted molar refractivity (Wildman–Crippen MR) is 160 cm³/mol. The summed E-state index contributed by atoms with van der Waals surface area (Å²) < 4.78 is 17.0. The molecule has 222 valence electrons. The quantitative estimate of drug-likeness (QED) is 0.103. The summed E-state index contributed by atoms with van der Waals surface area (Å²) in [6.07, 6.45) is 28.3. The van der Waals surface area contributed by atoms with Crippen LogP contribution in [0.5, 0.6) is 5.75 Å². The summed E-state index contributed by atoms with van der Waals surface area (Å²) in [6.45, 7) is 18.2. The van der Waals surface area contributed by atoms with Gasteiger partial charge in [0.1, 0.15) is 5.75 Å². The van der Waals surface area contributed by atoms with Crippen molar-refractivity contribution >= 4 is 0 Å². The topological polar surface area (TPSA) is 54.4 Å². The molecule has 1 N–H and O–H groups in total. The van der Waals surface area contributed by atoms with Crippen molar-refractivity contribution in [1.29, 1.82) is 0 Å². The second-order valence-electron chi connectivity index (χ2n) is 9.27. The molecule has 1 aromatic carbocycles. The third kappa shape index (κ3) is 61.2. The molecule has 0 atom stereocenters. The first-order valence-electron chi connectivity index (χ1n) is 15.1. The molecule has 0 spiro atoms. The molecule has 0 amide bonds. The normalized spacial score (nSPS) is 9.24. The molecule has 0 saturated carbocycles. The molecule has 0 aliphatic carbocycles. The van der Waals surface area contributed by atoms with Crippen molar-refractivity contribution in [3.63, 3.8) is 0 Å². The van der Waals surface area contributed by atoms with E-state index in [2.05, 4.69) is 41.5 Å². The molecule has 0 aromatic heterocycles. The van der Waals surface area contributed by atoms with Gasteiger partial charge in [0.25, 0.3) is 0 Å². The van der Waals surface area contributed by atoms with E-state index in [1.54, 1.807) is 24.3 Å². The van der Waals surface area contributed by atoms with Gasteiger partial charge in [-0.25, -0.2) is 0 Å². The Kier molecular flexibility index (Phi) is 56.7. The molecule has 0 aliphatic heterocycles. The molecule has 0 aliphatic rings. The van der Waals surface area contributed by atoms with Crippen molar-refractivity contribution in [2.75, 3.05) is 0 Å². The molecule has 0 bridgehead atoms. The molecule has 4 heteroatoms. The van der Waals surface area contributed by atoms with Crippen molar-refractivity contribution in [3.05, 3.63) is 51.1 Å². The van der Waals surface area contributed by atoms with Gasteiger partial charge in [-0.3, -0.25) is 0 Å². The molecule has 0 radical (unpaired) electrons. The average Bonchev–Trinajstić information content (AvgIpc) is 2.91. The van der Waals surface area contributed by atoms with Crippen LogP contribution in [0.1, 0.15) is 156 Å². The average molecular weight is 604 g/mol. The molecule has 0 unspecified atom stereocenters. The van der Waals surface area contributed by atoms with E-state index in [1.165, 1.54) is 116 Å². The maximum atomic E-state index is 8.63. The van der Waals surface area contributed by atoms with Crippen LogP contribution in [0.15, 0.2) is 30.3 Å². The van der Waals surface area contributed by atoms with E-state index in [9.17, 15) is 0 Å². The minimum atomic E-state index is -2.03. The zero-order chi connectivity index (χ0) is 28.7. The molecule has 1 rings (SSSR count). The number of rotatable bonds is 18. The number of para-hydroxylation sites is 1. The van der Waals surface area contributed by atoms with Crippen LogP contribution in [0.4, 0.5) is 0 Å². The van der Waals surface area contributed by atoms with Gasteiger partial charge < -0.3 is 25.9 Å². The number of phenolic OH excluding ortho intramolecular Hbond substituents is 1. The summed E-state index contributed by atoms with van der Waals surface area (Å²) in [5.74, 6) is 0.322. The monoisotopic (exact) mass is 605 g/mol. The number of benzene rings is 1. The van der Waals surface area contributed by atoms with Gasteiger partial charge in [-0.05, 0) is 12.1 Å². The molecule has 1 aromatic rings. The number of phenols is 1. The van der Waals surface area contributed by atoms with Crippen molar-refractivity contribution in [2.45, 2.75) is 156 Å². The van der Waals surface area contributed by atoms with Gasteiger partial charge >= 0.3 is 25.3 Å². The summed E-state index contributed by atoms with van der Waals surface area (Å²) >= 11 is -2.03. The van der Waals surface area contributed by atoms with Crippen LogP contribution in [0.25, 0.3) is 0 Å². The van der Waals surface area contributed by atoms with Gasteiger partial charge in [0.05, 0.1) is 0 Å². The summed E-state index contributed by atoms with van der Waals surface area (Å²) in [4.78, 5) is 0. The SMILES string of the molecule is Oc1ccccc1.[CH2-]CCCCCCCC.[CH2-]CCCCCCCC.[CH2-]CCCCCCCC.[O]=[Mo]=[O]. The summed E-state index contributed by atoms with van der Waals surface area (Å²) in [5.41, 5.74) is 0. The molecule has 3 nitrogen and oxygen atoms in total. The van der Waals surface area contributed by atoms with Gasteiger partial charge in [0, 0.05) is 0 Å². The van der Waals surface area contributed by atoms with Crippen LogP contribution in [-0.4, -0.2) is 5.11 Å². The van der Waals surface area contributed by atoms with E-state index in [1.807, 2.05) is 6.07 Å². The number of hydrogen-bond donors (Lipinski definition) is 1. The van der Waals surface area contributed by atoms with Crippen molar-refractivity contribution in [1.82, 2.24) is 0 Å². The Labute approximate surface area is 242 Å². The van der Waals surface area contributed by atoms with Crippen LogP contribution in [0.2, 0.25) is 0 Å². The van der Waals surface area contributed by atoms with Crippen LogP contribution in [0.3, 0.4) is 0 Å². The van der Waals surface area contributed by atoms with E-state index >= 15 is 0 Å². The van der Waals surface area contributed by atoms with Gasteiger partial charge in [-0.15, -0.1) is 0 Å². The van der Waals surface area contributed by atoms with Crippen molar-refractivity contribution < 1.29 is 30.4 Å². The van der Waals surface area contributed by atoms with Crippen LogP contribution in [-0.2, 0) is 25.3 Å². The van der Waals surface area contributed by atoms with Crippen LogP contribution in [0, 0.1) is 20.8 Å². The van der Waals surface area contributed by atoms with Crippen LogP contribution < -0.4 is 0 Å². The van der Waals surface area contributed by atoms with Gasteiger partial charge in [0.15, 0.2) is 0 Å². The number of aromatic hydroxyl groups is 1. The van der Waals surface area contributed by atoms with E-state index in [-0.39, 0.29) is 0 Å². The third-order valence-electron chi connectivity index (χ3n) is 5.57. The van der Waals surface area contributed by atoms with E-state index < -0.39 is 18.5 Å². The van der Waals surface area contributed by atoms with Gasteiger partial charge in [-0.2, -0.15) is 19.3 Å². The Balaban J connectivity index is -0.000000190. The second-order valence-corrected chi connectivity index (χ2v) is 9.60. The third-order valence-corrected chi connectivity index (χ3v) is 5.57. The molecular formula is C33H63MoO3-3. The molecule has 0 saturated heterocycles. The van der Waals surface area contributed by atoms with Gasteiger partial charge in [-0.1, -0.05) is 155 Å². The van der Waals surface area contributed by atoms with Crippen LogP contribution >= 0.6 is 0 Å². The fourth-order valence-corrected chi connectivity index (χ4v) is 3.30. The standard InChI is InChI=1S/3C9H19.C6H6O.Mo.2O/c3*1-3-5-7-9-8-6-4-2;7-6-4-2-1-3-5-6;;;/h3*1,3-9H2,2H3;1-5,7H;;;/q3*-1;;;;. The fourth-order valence-electron chi connectivity index (χ4n) is 3.30. The van der Waals surface area contributed by atoms with E-state index in [4.69, 9.17) is 11.9 Å². The maximum absolute atomic E-state index is 8.63. The van der Waals surface area contributed by atoms with Crippen molar-refractivity contribution in [2.24, 2.45) is 0 Å². The predicted octanol–water partition coefficient (Wildman–Crippen LogP) is 11.9. The van der Waals surface area contributed by atoms with E-state index in [0.29, 0.717) is 5.75 Å². The Morgan fingerprint density at radius 1 is 0.514 bits per heavy atom. The Bertz CT molecular complexity index is 436. The number of unbranched alkanes of at least 4 members (excludes halogenated alkanes) is 18. The summed E-state index contributed by atoms with van der Waals surface area (Å²) in [5, 5.41) is 8.63. The molecule has 0 heterocycles. The zero-order valence-corrected chi connectivity index (χ0v) is 27.0. The van der Waals surface area contributed by atoms with Crippen molar-refractivity contribution in [3.8, 4) is 5.75 Å². The minimum absolute atomic E-state index is 0.322. The molecule has 0 fully saturated rings. The zero-order valence-electron chi connectivity index (χ0n) is 25.0. The Hall–Kier alpha value is -0.692. The molecule has 37 heavy (non-hydrogen) atoms. The first kappa shape index (κ1) is 43.4. The van der Waals surface area contributed by atoms with E-state index in [0.717, 1.165) is 19.3 Å². The molecular weight excluding hydrogens is 540 g/mol. The fraction of sp³-hybridized carbons (Fsp3) is 0.727.